The van der Waals surface area contributed by atoms with E-state index >= 15 is 0 Å². The fraction of sp³-hybridized carbons (Fsp3) is 0.0870. The van der Waals surface area contributed by atoms with Crippen LogP contribution in [0.4, 0.5) is 0 Å². The van der Waals surface area contributed by atoms with Gasteiger partial charge in [0.25, 0.3) is 0 Å². The molecule has 1 rings (SSSR count). The number of allylic oxidation sites excluding steroid dienone is 13. The van der Waals surface area contributed by atoms with Gasteiger partial charge in [-0.25, -0.2) is 0 Å². The van der Waals surface area contributed by atoms with Gasteiger partial charge in [0.15, 0.2) is 0 Å². The molecule has 0 N–H and O–H groups in total. The van der Waals surface area contributed by atoms with E-state index in [1.54, 1.807) is 6.08 Å². The van der Waals surface area contributed by atoms with Crippen molar-refractivity contribution in [3.63, 3.8) is 0 Å². The summed E-state index contributed by atoms with van der Waals surface area (Å²) in [6.45, 7) is 18.0. The van der Waals surface area contributed by atoms with E-state index < -0.39 is 0 Å². The van der Waals surface area contributed by atoms with Crippen molar-refractivity contribution in [1.29, 1.82) is 0 Å². The molecule has 0 nitrogen and oxygen atoms in total. The van der Waals surface area contributed by atoms with Crippen LogP contribution < -0.4 is 0 Å². The zero-order valence-electron chi connectivity index (χ0n) is 14.7. The molecule has 0 aliphatic rings. The summed E-state index contributed by atoms with van der Waals surface area (Å²) in [5.74, 6) is 4.03. The first-order chi connectivity index (χ1) is 11.6. The van der Waals surface area contributed by atoms with Gasteiger partial charge in [-0.1, -0.05) is 30.9 Å². The molecule has 0 unspecified atom stereocenters. The third-order valence-corrected chi connectivity index (χ3v) is 3.48. The summed E-state index contributed by atoms with van der Waals surface area (Å²) in [4.78, 5) is 0. The van der Waals surface area contributed by atoms with Crippen molar-refractivity contribution in [3.05, 3.63) is 121 Å². The second-order valence-electron chi connectivity index (χ2n) is 5.32. The minimum atomic E-state index is 0.995. The Morgan fingerprint density at radius 1 is 1.00 bits per heavy atom. The minimum absolute atomic E-state index is 0.995. The summed E-state index contributed by atoms with van der Waals surface area (Å²) in [6.07, 6.45) is 17.8. The second kappa shape index (κ2) is 11.0. The summed E-state index contributed by atoms with van der Waals surface area (Å²) in [5.41, 5.74) is 5.31. The Bertz CT molecular complexity index is 723. The van der Waals surface area contributed by atoms with Gasteiger partial charge >= 0.3 is 109 Å². The first-order valence-corrected chi connectivity index (χ1v) is 8.01. The molecule has 0 saturated heterocycles. The molecule has 0 aromatic carbocycles. The van der Waals surface area contributed by atoms with E-state index in [0.29, 0.717) is 0 Å². The number of hydrogen-bond acceptors (Lipinski definition) is 0. The first kappa shape index (κ1) is 19.4. The molecule has 0 radical (unpaired) electrons. The summed E-state index contributed by atoms with van der Waals surface area (Å²) >= 11 is 0. The van der Waals surface area contributed by atoms with Crippen LogP contribution in [-0.2, 0) is 0 Å². The van der Waals surface area contributed by atoms with Gasteiger partial charge in [-0.15, -0.1) is 0 Å². The molecule has 120 valence electrons. The van der Waals surface area contributed by atoms with E-state index in [9.17, 15) is 0 Å². The van der Waals surface area contributed by atoms with Crippen molar-refractivity contribution >= 4 is 12.5 Å². The molecule has 0 atom stereocenters. The third kappa shape index (κ3) is 6.62. The van der Waals surface area contributed by atoms with Gasteiger partial charge in [0, 0.05) is 0 Å². The van der Waals surface area contributed by atoms with Gasteiger partial charge in [0.2, 0.25) is 0 Å². The molecule has 0 spiro atoms. The average molecular weight is 312 g/mol. The molecule has 0 aliphatic heterocycles. The maximum atomic E-state index is 4.16. The molecule has 1 aromatic heterocycles. The van der Waals surface area contributed by atoms with E-state index in [2.05, 4.69) is 44.9 Å². The average Bonchev–Trinajstić information content (AvgIpc) is 2.61. The maximum absolute atomic E-state index is 4.16. The zero-order chi connectivity index (χ0) is 17.8. The van der Waals surface area contributed by atoms with Crippen molar-refractivity contribution in [2.45, 2.75) is 13.8 Å². The normalized spacial score (nSPS) is 12.9. The zero-order valence-corrected chi connectivity index (χ0v) is 14.7. The predicted octanol–water partition coefficient (Wildman–Crippen LogP) is 6.34. The van der Waals surface area contributed by atoms with Crippen molar-refractivity contribution in [1.82, 2.24) is 0 Å². The SMILES string of the molecule is C=C/C=C(\C=C/C)C(=C)/C(C)=C/C=C\C=C\C(=C)c1ccbcc1. The van der Waals surface area contributed by atoms with Crippen LogP contribution in [0.1, 0.15) is 19.4 Å². The summed E-state index contributed by atoms with van der Waals surface area (Å²) in [5, 5.41) is 0. The Labute approximate surface area is 147 Å². The fourth-order valence-corrected chi connectivity index (χ4v) is 2.08. The molecule has 0 aliphatic carbocycles. The molecule has 1 heteroatoms. The Morgan fingerprint density at radius 2 is 1.71 bits per heavy atom. The Hall–Kier alpha value is -2.67. The van der Waals surface area contributed by atoms with Crippen molar-refractivity contribution < 1.29 is 0 Å². The van der Waals surface area contributed by atoms with Crippen molar-refractivity contribution in [2.75, 3.05) is 0 Å². The van der Waals surface area contributed by atoms with Gasteiger partial charge in [-0.2, -0.15) is 0 Å². The molecular formula is C23H25B. The van der Waals surface area contributed by atoms with Gasteiger partial charge in [0.05, 0.1) is 0 Å². The van der Waals surface area contributed by atoms with Crippen LogP contribution in [0.5, 0.6) is 0 Å². The van der Waals surface area contributed by atoms with Crippen molar-refractivity contribution in [3.8, 4) is 0 Å². The topological polar surface area (TPSA) is 0 Å². The molecule has 0 amide bonds. The summed E-state index contributed by atoms with van der Waals surface area (Å²) < 4.78 is 0. The van der Waals surface area contributed by atoms with Gasteiger partial charge in [-0.3, -0.25) is 0 Å². The number of rotatable bonds is 8. The van der Waals surface area contributed by atoms with E-state index in [1.807, 2.05) is 68.3 Å². The standard InChI is InChI=1S/C23H25B/c1-6-11-23(12-7-2)21(5)19(3)13-9-8-10-14-20(4)22-15-17-24-18-16-22/h6-18H,1,4-5H2,2-3H3/b9-8-,12-7-,14-10+,19-13+,23-11+. The summed E-state index contributed by atoms with van der Waals surface area (Å²) in [6, 6.07) is 4.11. The molecule has 1 aromatic rings. The van der Waals surface area contributed by atoms with Crippen LogP contribution in [-0.4, -0.2) is 6.91 Å². The van der Waals surface area contributed by atoms with Gasteiger partial charge < -0.3 is 0 Å². The number of hydrogen-bond donors (Lipinski definition) is 0. The summed E-state index contributed by atoms with van der Waals surface area (Å²) in [7, 11) is 0. The van der Waals surface area contributed by atoms with Gasteiger partial charge in [-0.05, 0) is 6.92 Å². The Kier molecular flexibility index (Phi) is 8.85. The molecule has 1 heterocycles. The third-order valence-electron chi connectivity index (χ3n) is 3.48. The Balaban J connectivity index is 2.70. The first-order valence-electron chi connectivity index (χ1n) is 8.01. The van der Waals surface area contributed by atoms with Crippen LogP contribution in [0.2, 0.25) is 0 Å². The van der Waals surface area contributed by atoms with Crippen molar-refractivity contribution in [2.24, 2.45) is 0 Å². The van der Waals surface area contributed by atoms with Gasteiger partial charge in [0.1, 0.15) is 0 Å². The van der Waals surface area contributed by atoms with Crippen LogP contribution in [0.3, 0.4) is 0 Å². The van der Waals surface area contributed by atoms with E-state index in [0.717, 1.165) is 27.9 Å². The van der Waals surface area contributed by atoms with E-state index in [1.165, 1.54) is 0 Å². The molecular weight excluding hydrogens is 287 g/mol. The van der Waals surface area contributed by atoms with Crippen LogP contribution >= 0.6 is 0 Å². The van der Waals surface area contributed by atoms with Crippen LogP contribution in [0.25, 0.3) is 5.57 Å². The monoisotopic (exact) mass is 312 g/mol. The molecule has 0 fully saturated rings. The van der Waals surface area contributed by atoms with Crippen LogP contribution in [0.15, 0.2) is 115 Å². The van der Waals surface area contributed by atoms with E-state index in [-0.39, 0.29) is 0 Å². The quantitative estimate of drug-likeness (QED) is 0.491. The second-order valence-corrected chi connectivity index (χ2v) is 5.32. The molecule has 0 saturated carbocycles. The Morgan fingerprint density at radius 3 is 2.33 bits per heavy atom. The fourth-order valence-electron chi connectivity index (χ4n) is 2.08. The molecule has 0 bridgehead atoms. The predicted molar refractivity (Wildman–Crippen MR) is 111 cm³/mol. The van der Waals surface area contributed by atoms with E-state index in [4.69, 9.17) is 0 Å². The van der Waals surface area contributed by atoms with Crippen LogP contribution in [0, 0.1) is 0 Å². The molecule has 24 heavy (non-hydrogen) atoms.